The minimum absolute atomic E-state index is 0.349. The van der Waals surface area contributed by atoms with E-state index in [1.807, 2.05) is 0 Å². The Kier molecular flexibility index (Phi) is 10.4. The highest BCUT2D eigenvalue weighted by atomic mass is 15.1. The SMILES string of the molecule is CC1(c2ccccc2)c2ccccc2-c2ccc(N(c3ccc(-c4ccc5c(c4)c(-c4ccccc4)c(-c4ccccc4)c4ccccc45)cc3)c3ccc(-c4ccccc4)cc3-c3ccccc3)cc21. The quantitative estimate of drug-likeness (QED) is 0.130. The number of fused-ring (bicyclic) bond motifs is 6. The molecule has 0 amide bonds. The summed E-state index contributed by atoms with van der Waals surface area (Å²) in [6.07, 6.45) is 0. The molecule has 0 bridgehead atoms. The van der Waals surface area contributed by atoms with Gasteiger partial charge in [-0.25, -0.2) is 0 Å². The van der Waals surface area contributed by atoms with E-state index >= 15 is 0 Å². The van der Waals surface area contributed by atoms with Crippen molar-refractivity contribution in [2.75, 3.05) is 4.90 Å². The van der Waals surface area contributed by atoms with Crippen LogP contribution >= 0.6 is 0 Å². The van der Waals surface area contributed by atoms with Crippen molar-refractivity contribution in [1.82, 2.24) is 0 Å². The van der Waals surface area contributed by atoms with Crippen LogP contribution in [-0.4, -0.2) is 0 Å². The van der Waals surface area contributed by atoms with Crippen molar-refractivity contribution >= 4 is 38.6 Å². The Bertz CT molecular complexity index is 3900. The van der Waals surface area contributed by atoms with Crippen molar-refractivity contribution in [1.29, 1.82) is 0 Å². The smallest absolute Gasteiger partial charge is 0.0540 e. The van der Waals surface area contributed by atoms with E-state index in [0.29, 0.717) is 0 Å². The van der Waals surface area contributed by atoms with Gasteiger partial charge in [0.1, 0.15) is 0 Å². The van der Waals surface area contributed by atoms with Gasteiger partial charge in [-0.05, 0) is 149 Å². The molecule has 1 aliphatic carbocycles. The van der Waals surface area contributed by atoms with Crippen LogP contribution in [0.2, 0.25) is 0 Å². The molecule has 0 saturated carbocycles. The van der Waals surface area contributed by atoms with Gasteiger partial charge >= 0.3 is 0 Å². The van der Waals surface area contributed by atoms with Gasteiger partial charge in [-0.15, -0.1) is 0 Å². The first kappa shape index (κ1) is 42.1. The Morgan fingerprint density at radius 3 is 1.41 bits per heavy atom. The molecule has 1 aliphatic rings. The van der Waals surface area contributed by atoms with E-state index in [2.05, 4.69) is 291 Å². The first-order chi connectivity index (χ1) is 35.1. The minimum atomic E-state index is -0.349. The number of nitrogens with zero attached hydrogens (tertiary/aromatic N) is 1. The third kappa shape index (κ3) is 7.17. The van der Waals surface area contributed by atoms with Crippen LogP contribution in [0, 0.1) is 0 Å². The number of benzene rings is 12. The number of anilines is 3. The van der Waals surface area contributed by atoms with Gasteiger partial charge in [-0.2, -0.15) is 0 Å². The average molecular weight is 904 g/mol. The summed E-state index contributed by atoms with van der Waals surface area (Å²) in [5.41, 5.74) is 21.4. The molecule has 334 valence electrons. The van der Waals surface area contributed by atoms with Gasteiger partial charge in [0, 0.05) is 22.4 Å². The molecule has 0 aliphatic heterocycles. The van der Waals surface area contributed by atoms with Crippen molar-refractivity contribution in [3.63, 3.8) is 0 Å². The standard InChI is InChI=1S/C70H49N/c1-70(55-29-15-6-16-30-55)65-34-20-19-32-60(65)61-43-41-57(47-66(61)70)71(67-44-38-54(48-21-7-2-8-22-48)45-63(67)50-23-9-3-10-24-50)56-39-35-49(36-40-56)53-37-42-59-58-31-17-18-33-62(58)68(51-25-11-4-12-26-51)69(64(59)46-53)52-27-13-5-14-28-52/h2-47H,1H3. The second-order valence-corrected chi connectivity index (χ2v) is 18.9. The van der Waals surface area contributed by atoms with E-state index in [0.717, 1.165) is 33.8 Å². The van der Waals surface area contributed by atoms with Crippen LogP contribution in [0.1, 0.15) is 23.6 Å². The summed E-state index contributed by atoms with van der Waals surface area (Å²) in [5, 5.41) is 5.00. The zero-order valence-electron chi connectivity index (χ0n) is 39.5. The lowest BCUT2D eigenvalue weighted by atomic mass is 9.74. The van der Waals surface area contributed by atoms with Gasteiger partial charge in [0.25, 0.3) is 0 Å². The van der Waals surface area contributed by atoms with Crippen LogP contribution in [-0.2, 0) is 5.41 Å². The van der Waals surface area contributed by atoms with Gasteiger partial charge in [-0.3, -0.25) is 0 Å². The van der Waals surface area contributed by atoms with Crippen molar-refractivity contribution in [2.45, 2.75) is 12.3 Å². The summed E-state index contributed by atoms with van der Waals surface area (Å²) in [4.78, 5) is 2.47. The van der Waals surface area contributed by atoms with Crippen LogP contribution in [0.25, 0.3) is 88.3 Å². The lowest BCUT2D eigenvalue weighted by Gasteiger charge is -2.32. The first-order valence-corrected chi connectivity index (χ1v) is 24.7. The summed E-state index contributed by atoms with van der Waals surface area (Å²) in [6, 6.07) is 103. The molecule has 0 radical (unpaired) electrons. The van der Waals surface area contributed by atoms with Gasteiger partial charge in [0.05, 0.1) is 5.69 Å². The van der Waals surface area contributed by atoms with E-state index in [9.17, 15) is 0 Å². The second-order valence-electron chi connectivity index (χ2n) is 18.9. The largest absolute Gasteiger partial charge is 0.310 e. The van der Waals surface area contributed by atoms with E-state index < -0.39 is 0 Å². The summed E-state index contributed by atoms with van der Waals surface area (Å²) in [5.74, 6) is 0. The third-order valence-corrected chi connectivity index (χ3v) is 14.9. The molecule has 71 heavy (non-hydrogen) atoms. The third-order valence-electron chi connectivity index (χ3n) is 14.9. The average Bonchev–Trinajstić information content (AvgIpc) is 3.71. The van der Waals surface area contributed by atoms with Crippen LogP contribution in [0.4, 0.5) is 17.1 Å². The molecular formula is C70H49N. The summed E-state index contributed by atoms with van der Waals surface area (Å²) < 4.78 is 0. The zero-order chi connectivity index (χ0) is 47.3. The van der Waals surface area contributed by atoms with Crippen molar-refractivity contribution in [3.05, 3.63) is 296 Å². The van der Waals surface area contributed by atoms with Crippen LogP contribution in [0.3, 0.4) is 0 Å². The summed E-state index contributed by atoms with van der Waals surface area (Å²) in [6.45, 7) is 2.40. The van der Waals surface area contributed by atoms with Crippen LogP contribution in [0.5, 0.6) is 0 Å². The van der Waals surface area contributed by atoms with E-state index in [-0.39, 0.29) is 5.41 Å². The second kappa shape index (κ2) is 17.5. The highest BCUT2D eigenvalue weighted by Gasteiger charge is 2.41. The maximum atomic E-state index is 2.47. The monoisotopic (exact) mass is 903 g/mol. The Balaban J connectivity index is 1.01. The molecule has 1 atom stereocenters. The molecule has 0 heterocycles. The molecule has 0 N–H and O–H groups in total. The molecule has 1 nitrogen and oxygen atoms in total. The normalized spacial score (nSPS) is 13.8. The van der Waals surface area contributed by atoms with E-state index in [4.69, 9.17) is 0 Å². The molecule has 0 saturated heterocycles. The van der Waals surface area contributed by atoms with Gasteiger partial charge in [-0.1, -0.05) is 237 Å². The van der Waals surface area contributed by atoms with Crippen molar-refractivity contribution < 1.29 is 0 Å². The van der Waals surface area contributed by atoms with Crippen molar-refractivity contribution in [2.24, 2.45) is 0 Å². The predicted molar refractivity (Wildman–Crippen MR) is 301 cm³/mol. The first-order valence-electron chi connectivity index (χ1n) is 24.7. The van der Waals surface area contributed by atoms with Gasteiger partial charge < -0.3 is 4.90 Å². The molecule has 0 spiro atoms. The highest BCUT2D eigenvalue weighted by molar-refractivity contribution is 6.22. The molecule has 12 aromatic carbocycles. The lowest BCUT2D eigenvalue weighted by molar-refractivity contribution is 0.714. The van der Waals surface area contributed by atoms with Crippen molar-refractivity contribution in [3.8, 4) is 66.8 Å². The fourth-order valence-corrected chi connectivity index (χ4v) is 11.5. The predicted octanol–water partition coefficient (Wildman–Crippen LogP) is 19.1. The molecule has 1 heteroatoms. The van der Waals surface area contributed by atoms with Gasteiger partial charge in [0.15, 0.2) is 0 Å². The van der Waals surface area contributed by atoms with Crippen LogP contribution < -0.4 is 4.90 Å². The Morgan fingerprint density at radius 1 is 0.268 bits per heavy atom. The number of rotatable bonds is 9. The fourth-order valence-electron chi connectivity index (χ4n) is 11.5. The molecular weight excluding hydrogens is 855 g/mol. The fraction of sp³-hybridized carbons (Fsp3) is 0.0286. The number of hydrogen-bond donors (Lipinski definition) is 0. The van der Waals surface area contributed by atoms with Crippen LogP contribution in [0.15, 0.2) is 279 Å². The highest BCUT2D eigenvalue weighted by Crippen LogP contribution is 2.55. The maximum Gasteiger partial charge on any atom is 0.0540 e. The maximum absolute atomic E-state index is 2.47. The molecule has 13 rings (SSSR count). The minimum Gasteiger partial charge on any atom is -0.310 e. The summed E-state index contributed by atoms with van der Waals surface area (Å²) in [7, 11) is 0. The zero-order valence-corrected chi connectivity index (χ0v) is 39.5. The molecule has 0 fully saturated rings. The van der Waals surface area contributed by atoms with E-state index in [1.165, 1.54) is 88.3 Å². The summed E-state index contributed by atoms with van der Waals surface area (Å²) >= 11 is 0. The lowest BCUT2D eigenvalue weighted by Crippen LogP contribution is -2.22. The Labute approximate surface area is 416 Å². The topological polar surface area (TPSA) is 3.24 Å². The molecule has 1 unspecified atom stereocenters. The number of hydrogen-bond acceptors (Lipinski definition) is 1. The van der Waals surface area contributed by atoms with E-state index in [1.54, 1.807) is 0 Å². The molecule has 0 aromatic heterocycles. The van der Waals surface area contributed by atoms with Gasteiger partial charge in [0.2, 0.25) is 0 Å². The molecule has 12 aromatic rings. The Hall–Kier alpha value is -9.04. The Morgan fingerprint density at radius 2 is 0.732 bits per heavy atom.